The lowest BCUT2D eigenvalue weighted by Gasteiger charge is -2.22. The van der Waals surface area contributed by atoms with Crippen molar-refractivity contribution in [2.45, 2.75) is 38.8 Å². The van der Waals surface area contributed by atoms with Crippen molar-refractivity contribution in [2.75, 3.05) is 13.7 Å². The minimum atomic E-state index is 0.253. The van der Waals surface area contributed by atoms with Gasteiger partial charge in [-0.1, -0.05) is 37.3 Å². The third-order valence-electron chi connectivity index (χ3n) is 3.19. The highest BCUT2D eigenvalue weighted by Crippen LogP contribution is 2.13. The van der Waals surface area contributed by atoms with Crippen molar-refractivity contribution in [3.8, 4) is 0 Å². The molecule has 1 aromatic carbocycles. The standard InChI is InChI=1S/C14H23NO/c1-11(14-8-6-5-7-9-14)10-15-12(2)13(3)16-4/h5-9,11-13,15H,10H2,1-4H3/t11?,12-,13?/m0/s1. The highest BCUT2D eigenvalue weighted by Gasteiger charge is 2.12. The molecule has 0 aliphatic carbocycles. The first-order chi connectivity index (χ1) is 7.65. The summed E-state index contributed by atoms with van der Waals surface area (Å²) < 4.78 is 5.29. The summed E-state index contributed by atoms with van der Waals surface area (Å²) in [6.07, 6.45) is 0.253. The number of ether oxygens (including phenoxy) is 1. The molecule has 16 heavy (non-hydrogen) atoms. The van der Waals surface area contributed by atoms with Crippen LogP contribution in [0.5, 0.6) is 0 Å². The third-order valence-corrected chi connectivity index (χ3v) is 3.19. The SMILES string of the molecule is COC(C)[C@H](C)NCC(C)c1ccccc1. The van der Waals surface area contributed by atoms with Crippen molar-refractivity contribution >= 4 is 0 Å². The normalized spacial score (nSPS) is 16.8. The number of nitrogens with one attached hydrogen (secondary N) is 1. The van der Waals surface area contributed by atoms with E-state index < -0.39 is 0 Å². The molecule has 0 amide bonds. The average Bonchev–Trinajstić information content (AvgIpc) is 2.35. The van der Waals surface area contributed by atoms with Crippen LogP contribution in [0.1, 0.15) is 32.3 Å². The van der Waals surface area contributed by atoms with Gasteiger partial charge in [-0.3, -0.25) is 0 Å². The molecule has 0 spiro atoms. The van der Waals surface area contributed by atoms with Crippen molar-refractivity contribution in [3.05, 3.63) is 35.9 Å². The van der Waals surface area contributed by atoms with Crippen LogP contribution >= 0.6 is 0 Å². The summed E-state index contributed by atoms with van der Waals surface area (Å²) in [7, 11) is 1.75. The zero-order valence-electron chi connectivity index (χ0n) is 10.7. The molecule has 0 bridgehead atoms. The molecule has 2 heteroatoms. The van der Waals surface area contributed by atoms with Gasteiger partial charge in [0.25, 0.3) is 0 Å². The first kappa shape index (κ1) is 13.2. The zero-order chi connectivity index (χ0) is 12.0. The summed E-state index contributed by atoms with van der Waals surface area (Å²) in [5, 5.41) is 3.51. The van der Waals surface area contributed by atoms with Crippen molar-refractivity contribution in [1.29, 1.82) is 0 Å². The van der Waals surface area contributed by atoms with Gasteiger partial charge in [-0.15, -0.1) is 0 Å². The zero-order valence-corrected chi connectivity index (χ0v) is 10.7. The van der Waals surface area contributed by atoms with Crippen LogP contribution in [0, 0.1) is 0 Å². The van der Waals surface area contributed by atoms with Crippen LogP contribution in [0.25, 0.3) is 0 Å². The number of methoxy groups -OCH3 is 1. The Morgan fingerprint density at radius 3 is 2.31 bits per heavy atom. The van der Waals surface area contributed by atoms with Gasteiger partial charge in [0, 0.05) is 19.7 Å². The van der Waals surface area contributed by atoms with Gasteiger partial charge in [0.2, 0.25) is 0 Å². The van der Waals surface area contributed by atoms with Crippen molar-refractivity contribution < 1.29 is 4.74 Å². The monoisotopic (exact) mass is 221 g/mol. The van der Waals surface area contributed by atoms with E-state index in [4.69, 9.17) is 4.74 Å². The van der Waals surface area contributed by atoms with Gasteiger partial charge >= 0.3 is 0 Å². The fourth-order valence-corrected chi connectivity index (χ4v) is 1.63. The minimum Gasteiger partial charge on any atom is -0.380 e. The summed E-state index contributed by atoms with van der Waals surface area (Å²) in [5.41, 5.74) is 1.38. The maximum atomic E-state index is 5.29. The first-order valence-electron chi connectivity index (χ1n) is 5.96. The van der Waals surface area contributed by atoms with E-state index in [0.29, 0.717) is 12.0 Å². The van der Waals surface area contributed by atoms with E-state index >= 15 is 0 Å². The number of benzene rings is 1. The van der Waals surface area contributed by atoms with Crippen molar-refractivity contribution in [2.24, 2.45) is 0 Å². The Labute approximate surface area is 99.0 Å². The van der Waals surface area contributed by atoms with E-state index in [1.807, 2.05) is 0 Å². The van der Waals surface area contributed by atoms with E-state index in [1.165, 1.54) is 5.56 Å². The molecule has 2 nitrogen and oxygen atoms in total. The van der Waals surface area contributed by atoms with Crippen molar-refractivity contribution in [1.82, 2.24) is 5.32 Å². The Hall–Kier alpha value is -0.860. The summed E-state index contributed by atoms with van der Waals surface area (Å²) >= 11 is 0. The maximum absolute atomic E-state index is 5.29. The van der Waals surface area contributed by atoms with E-state index in [9.17, 15) is 0 Å². The lowest BCUT2D eigenvalue weighted by Crippen LogP contribution is -2.38. The summed E-state index contributed by atoms with van der Waals surface area (Å²) in [4.78, 5) is 0. The second-order valence-corrected chi connectivity index (χ2v) is 4.45. The van der Waals surface area contributed by atoms with Gasteiger partial charge < -0.3 is 10.1 Å². The topological polar surface area (TPSA) is 21.3 Å². The van der Waals surface area contributed by atoms with E-state index in [0.717, 1.165) is 6.54 Å². The second-order valence-electron chi connectivity index (χ2n) is 4.45. The fourth-order valence-electron chi connectivity index (χ4n) is 1.63. The molecule has 0 heterocycles. The Morgan fingerprint density at radius 2 is 1.75 bits per heavy atom. The Kier molecular flexibility index (Phi) is 5.50. The van der Waals surface area contributed by atoms with Crippen LogP contribution in [-0.4, -0.2) is 25.8 Å². The minimum absolute atomic E-state index is 0.253. The average molecular weight is 221 g/mol. The smallest absolute Gasteiger partial charge is 0.0693 e. The Balaban J connectivity index is 2.38. The lowest BCUT2D eigenvalue weighted by molar-refractivity contribution is 0.0884. The summed E-state index contributed by atoms with van der Waals surface area (Å²) in [5.74, 6) is 0.535. The number of hydrogen-bond acceptors (Lipinski definition) is 2. The largest absolute Gasteiger partial charge is 0.380 e. The lowest BCUT2D eigenvalue weighted by atomic mass is 10.0. The summed E-state index contributed by atoms with van der Waals surface area (Å²) in [6.45, 7) is 7.47. The van der Waals surface area contributed by atoms with Crippen LogP contribution in [-0.2, 0) is 4.74 Å². The molecule has 0 saturated carbocycles. The van der Waals surface area contributed by atoms with Gasteiger partial charge in [-0.25, -0.2) is 0 Å². The highest BCUT2D eigenvalue weighted by molar-refractivity contribution is 5.18. The molecular formula is C14H23NO. The molecule has 0 saturated heterocycles. The molecule has 1 N–H and O–H groups in total. The highest BCUT2D eigenvalue weighted by atomic mass is 16.5. The fraction of sp³-hybridized carbons (Fsp3) is 0.571. The molecule has 0 aromatic heterocycles. The molecule has 0 fully saturated rings. The number of hydrogen-bond donors (Lipinski definition) is 1. The van der Waals surface area contributed by atoms with Crippen LogP contribution < -0.4 is 5.32 Å². The quantitative estimate of drug-likeness (QED) is 0.797. The molecule has 1 rings (SSSR count). The molecular weight excluding hydrogens is 198 g/mol. The third kappa shape index (κ3) is 3.95. The van der Waals surface area contributed by atoms with Crippen LogP contribution in [0.2, 0.25) is 0 Å². The molecule has 3 atom stereocenters. The Bertz CT molecular complexity index is 286. The Morgan fingerprint density at radius 1 is 1.12 bits per heavy atom. The predicted molar refractivity (Wildman–Crippen MR) is 68.8 cm³/mol. The van der Waals surface area contributed by atoms with Gasteiger partial charge in [0.15, 0.2) is 0 Å². The van der Waals surface area contributed by atoms with Gasteiger partial charge in [0.1, 0.15) is 0 Å². The van der Waals surface area contributed by atoms with Crippen molar-refractivity contribution in [3.63, 3.8) is 0 Å². The molecule has 2 unspecified atom stereocenters. The second kappa shape index (κ2) is 6.66. The first-order valence-corrected chi connectivity index (χ1v) is 5.96. The molecule has 0 radical (unpaired) electrons. The van der Waals surface area contributed by atoms with Crippen LogP contribution in [0.15, 0.2) is 30.3 Å². The van der Waals surface area contributed by atoms with Gasteiger partial charge in [-0.2, -0.15) is 0 Å². The molecule has 0 aliphatic heterocycles. The van der Waals surface area contributed by atoms with Gasteiger partial charge in [0.05, 0.1) is 6.10 Å². The number of rotatable bonds is 6. The van der Waals surface area contributed by atoms with Crippen LogP contribution in [0.4, 0.5) is 0 Å². The van der Waals surface area contributed by atoms with Crippen LogP contribution in [0.3, 0.4) is 0 Å². The maximum Gasteiger partial charge on any atom is 0.0693 e. The summed E-state index contributed by atoms with van der Waals surface area (Å²) in [6, 6.07) is 11.0. The molecule has 0 aliphatic rings. The van der Waals surface area contributed by atoms with E-state index in [1.54, 1.807) is 7.11 Å². The predicted octanol–water partition coefficient (Wildman–Crippen LogP) is 2.80. The van der Waals surface area contributed by atoms with Gasteiger partial charge in [-0.05, 0) is 25.3 Å². The molecule has 1 aromatic rings. The van der Waals surface area contributed by atoms with E-state index in [2.05, 4.69) is 56.4 Å². The van der Waals surface area contributed by atoms with E-state index in [-0.39, 0.29) is 6.10 Å². The molecule has 90 valence electrons.